The first-order chi connectivity index (χ1) is 9.60. The quantitative estimate of drug-likeness (QED) is 0.890. The normalized spacial score (nSPS) is 10.3. The molecule has 1 aromatic carbocycles. The minimum Gasteiger partial charge on any atom is -0.388 e. The Morgan fingerprint density at radius 3 is 2.75 bits per heavy atom. The second-order valence-corrected chi connectivity index (χ2v) is 5.61. The van der Waals surface area contributed by atoms with Crippen LogP contribution in [0.5, 0.6) is 0 Å². The summed E-state index contributed by atoms with van der Waals surface area (Å²) in [6.07, 6.45) is 0.776. The molecule has 0 fully saturated rings. The van der Waals surface area contributed by atoms with Crippen molar-refractivity contribution in [2.45, 2.75) is 20.3 Å². The smallest absolute Gasteiger partial charge is 0.251 e. The van der Waals surface area contributed by atoms with Crippen molar-refractivity contribution in [3.05, 3.63) is 45.4 Å². The molecule has 0 aliphatic heterocycles. The zero-order chi connectivity index (χ0) is 14.5. The molecule has 0 saturated heterocycles. The fourth-order valence-electron chi connectivity index (χ4n) is 1.97. The molecule has 0 saturated carbocycles. The Morgan fingerprint density at radius 1 is 1.35 bits per heavy atom. The third kappa shape index (κ3) is 3.57. The molecule has 2 N–H and O–H groups in total. The molecule has 0 radical (unpaired) electrons. The van der Waals surface area contributed by atoms with Crippen LogP contribution < -0.4 is 10.6 Å². The fraction of sp³-hybridized carbons (Fsp3) is 0.333. The molecule has 0 aliphatic carbocycles. The molecule has 0 aliphatic rings. The predicted octanol–water partition coefficient (Wildman–Crippen LogP) is 2.77. The van der Waals surface area contributed by atoms with Gasteiger partial charge in [0.25, 0.3) is 5.91 Å². The van der Waals surface area contributed by atoms with E-state index >= 15 is 0 Å². The van der Waals surface area contributed by atoms with Crippen LogP contribution in [-0.4, -0.2) is 24.5 Å². The number of rotatable bonds is 5. The average molecular weight is 289 g/mol. The molecule has 106 valence electrons. The van der Waals surface area contributed by atoms with Gasteiger partial charge < -0.3 is 10.6 Å². The predicted molar refractivity (Wildman–Crippen MR) is 83.6 cm³/mol. The molecular weight excluding hydrogens is 270 g/mol. The SMILES string of the molecule is CNc1ccc(C(=O)NCCc2nc(C)cs2)c(C)c1. The number of aromatic nitrogens is 1. The third-order valence-corrected chi connectivity index (χ3v) is 4.08. The van der Waals surface area contributed by atoms with E-state index in [4.69, 9.17) is 0 Å². The van der Waals surface area contributed by atoms with Gasteiger partial charge in [0.1, 0.15) is 0 Å². The Balaban J connectivity index is 1.91. The molecule has 0 atom stereocenters. The van der Waals surface area contributed by atoms with Crippen molar-refractivity contribution in [1.29, 1.82) is 0 Å². The van der Waals surface area contributed by atoms with Crippen LogP contribution in [0.2, 0.25) is 0 Å². The van der Waals surface area contributed by atoms with Crippen LogP contribution >= 0.6 is 11.3 Å². The van der Waals surface area contributed by atoms with Gasteiger partial charge in [-0.2, -0.15) is 0 Å². The van der Waals surface area contributed by atoms with E-state index in [0.717, 1.165) is 33.9 Å². The summed E-state index contributed by atoms with van der Waals surface area (Å²) < 4.78 is 0. The third-order valence-electron chi connectivity index (χ3n) is 3.05. The summed E-state index contributed by atoms with van der Waals surface area (Å²) in [6, 6.07) is 5.73. The molecule has 0 unspecified atom stereocenters. The average Bonchev–Trinajstić information content (AvgIpc) is 2.84. The number of anilines is 1. The van der Waals surface area contributed by atoms with Gasteiger partial charge in [0.05, 0.1) is 5.01 Å². The maximum absolute atomic E-state index is 12.1. The van der Waals surface area contributed by atoms with Crippen LogP contribution in [0, 0.1) is 13.8 Å². The lowest BCUT2D eigenvalue weighted by molar-refractivity contribution is 0.0953. The summed E-state index contributed by atoms with van der Waals surface area (Å²) in [5.41, 5.74) is 3.74. The van der Waals surface area contributed by atoms with Gasteiger partial charge in [-0.1, -0.05) is 0 Å². The van der Waals surface area contributed by atoms with Gasteiger partial charge in [-0.3, -0.25) is 4.79 Å². The van der Waals surface area contributed by atoms with Crippen LogP contribution in [-0.2, 0) is 6.42 Å². The number of carbonyl (C=O) groups excluding carboxylic acids is 1. The van der Waals surface area contributed by atoms with Gasteiger partial charge in [0.2, 0.25) is 0 Å². The summed E-state index contributed by atoms with van der Waals surface area (Å²) >= 11 is 1.63. The van der Waals surface area contributed by atoms with E-state index in [2.05, 4.69) is 15.6 Å². The second kappa shape index (κ2) is 6.52. The Bertz CT molecular complexity index is 607. The number of nitrogens with zero attached hydrogens (tertiary/aromatic N) is 1. The van der Waals surface area contributed by atoms with Gasteiger partial charge in [0.15, 0.2) is 0 Å². The highest BCUT2D eigenvalue weighted by atomic mass is 32.1. The van der Waals surface area contributed by atoms with Crippen molar-refractivity contribution < 1.29 is 4.79 Å². The lowest BCUT2D eigenvalue weighted by Crippen LogP contribution is -2.26. The molecule has 1 amide bonds. The number of thiazole rings is 1. The number of hydrogen-bond donors (Lipinski definition) is 2. The zero-order valence-electron chi connectivity index (χ0n) is 12.0. The van der Waals surface area contributed by atoms with E-state index in [1.165, 1.54) is 0 Å². The van der Waals surface area contributed by atoms with E-state index in [1.807, 2.05) is 44.5 Å². The fourth-order valence-corrected chi connectivity index (χ4v) is 2.75. The van der Waals surface area contributed by atoms with E-state index in [1.54, 1.807) is 11.3 Å². The van der Waals surface area contributed by atoms with Gasteiger partial charge in [-0.05, 0) is 37.6 Å². The molecular formula is C15H19N3OS. The van der Waals surface area contributed by atoms with E-state index in [9.17, 15) is 4.79 Å². The molecule has 1 heterocycles. The minimum atomic E-state index is -0.0292. The number of amides is 1. The Hall–Kier alpha value is -1.88. The van der Waals surface area contributed by atoms with Crippen LogP contribution in [0.1, 0.15) is 26.6 Å². The largest absolute Gasteiger partial charge is 0.388 e. The maximum Gasteiger partial charge on any atom is 0.251 e. The standard InChI is InChI=1S/C15H19N3OS/c1-10-8-12(16-3)4-5-13(10)15(19)17-7-6-14-18-11(2)9-20-14/h4-5,8-9,16H,6-7H2,1-3H3,(H,17,19). The molecule has 0 spiro atoms. The molecule has 4 nitrogen and oxygen atoms in total. The Morgan fingerprint density at radius 2 is 2.15 bits per heavy atom. The number of aryl methyl sites for hydroxylation is 2. The Labute approximate surface area is 123 Å². The van der Waals surface area contributed by atoms with Gasteiger partial charge in [-0.15, -0.1) is 11.3 Å². The van der Waals surface area contributed by atoms with Gasteiger partial charge in [-0.25, -0.2) is 4.98 Å². The van der Waals surface area contributed by atoms with Crippen LogP contribution in [0.3, 0.4) is 0 Å². The number of hydrogen-bond acceptors (Lipinski definition) is 4. The number of nitrogens with one attached hydrogen (secondary N) is 2. The zero-order valence-corrected chi connectivity index (χ0v) is 12.8. The monoisotopic (exact) mass is 289 g/mol. The second-order valence-electron chi connectivity index (χ2n) is 4.67. The van der Waals surface area contributed by atoms with Crippen molar-refractivity contribution in [2.75, 3.05) is 18.9 Å². The van der Waals surface area contributed by atoms with E-state index < -0.39 is 0 Å². The van der Waals surface area contributed by atoms with Crippen LogP contribution in [0.4, 0.5) is 5.69 Å². The highest BCUT2D eigenvalue weighted by Crippen LogP contribution is 2.14. The van der Waals surface area contributed by atoms with Crippen LogP contribution in [0.25, 0.3) is 0 Å². The molecule has 0 bridgehead atoms. The Kier molecular flexibility index (Phi) is 4.74. The van der Waals surface area contributed by atoms with Gasteiger partial charge >= 0.3 is 0 Å². The maximum atomic E-state index is 12.1. The lowest BCUT2D eigenvalue weighted by Gasteiger charge is -2.09. The highest BCUT2D eigenvalue weighted by Gasteiger charge is 2.09. The van der Waals surface area contributed by atoms with Gasteiger partial charge in [0, 0.05) is 42.3 Å². The number of benzene rings is 1. The van der Waals surface area contributed by atoms with Crippen molar-refractivity contribution in [3.8, 4) is 0 Å². The summed E-state index contributed by atoms with van der Waals surface area (Å²) in [5, 5.41) is 9.09. The van der Waals surface area contributed by atoms with E-state index in [-0.39, 0.29) is 5.91 Å². The topological polar surface area (TPSA) is 54.0 Å². The first-order valence-electron chi connectivity index (χ1n) is 6.57. The highest BCUT2D eigenvalue weighted by molar-refractivity contribution is 7.09. The molecule has 2 aromatic rings. The first kappa shape index (κ1) is 14.5. The number of carbonyl (C=O) groups is 1. The first-order valence-corrected chi connectivity index (χ1v) is 7.45. The van der Waals surface area contributed by atoms with Crippen molar-refractivity contribution in [1.82, 2.24) is 10.3 Å². The minimum absolute atomic E-state index is 0.0292. The molecule has 1 aromatic heterocycles. The summed E-state index contributed by atoms with van der Waals surface area (Å²) in [6.45, 7) is 4.53. The lowest BCUT2D eigenvalue weighted by atomic mass is 10.1. The van der Waals surface area contributed by atoms with Crippen molar-refractivity contribution in [2.24, 2.45) is 0 Å². The van der Waals surface area contributed by atoms with E-state index in [0.29, 0.717) is 6.54 Å². The van der Waals surface area contributed by atoms with Crippen molar-refractivity contribution >= 4 is 22.9 Å². The summed E-state index contributed by atoms with van der Waals surface area (Å²) in [5.74, 6) is -0.0292. The van der Waals surface area contributed by atoms with Crippen LogP contribution in [0.15, 0.2) is 23.6 Å². The summed E-state index contributed by atoms with van der Waals surface area (Å²) in [4.78, 5) is 16.5. The molecule has 20 heavy (non-hydrogen) atoms. The molecule has 2 rings (SSSR count). The summed E-state index contributed by atoms with van der Waals surface area (Å²) in [7, 11) is 1.87. The molecule has 5 heteroatoms. The van der Waals surface area contributed by atoms with Crippen molar-refractivity contribution in [3.63, 3.8) is 0 Å².